The fourth-order valence-corrected chi connectivity index (χ4v) is 2.29. The van der Waals surface area contributed by atoms with Crippen LogP contribution < -0.4 is 5.73 Å². The number of carbonyl (C=O) groups excluding carboxylic acids is 1. The van der Waals surface area contributed by atoms with Gasteiger partial charge in [0.2, 0.25) is 0 Å². The molecule has 0 spiro atoms. The molecular formula is C13H20N4O. The summed E-state index contributed by atoms with van der Waals surface area (Å²) in [7, 11) is 2.05. The maximum absolute atomic E-state index is 12.4. The highest BCUT2D eigenvalue weighted by molar-refractivity contribution is 5.92. The minimum atomic E-state index is -0.0118. The molecule has 1 aromatic rings. The quantitative estimate of drug-likeness (QED) is 0.806. The Morgan fingerprint density at radius 1 is 1.50 bits per heavy atom. The third-order valence-electron chi connectivity index (χ3n) is 3.33. The molecule has 1 aliphatic heterocycles. The van der Waals surface area contributed by atoms with Crippen molar-refractivity contribution in [3.8, 4) is 0 Å². The molecule has 0 aromatic carbocycles. The lowest BCUT2D eigenvalue weighted by molar-refractivity contribution is 0.0510. The molecular weight excluding hydrogens is 228 g/mol. The first-order valence-corrected chi connectivity index (χ1v) is 6.25. The van der Waals surface area contributed by atoms with E-state index in [2.05, 4.69) is 16.9 Å². The first-order valence-electron chi connectivity index (χ1n) is 6.25. The van der Waals surface area contributed by atoms with Crippen molar-refractivity contribution < 1.29 is 4.79 Å². The van der Waals surface area contributed by atoms with Crippen molar-refractivity contribution >= 4 is 5.91 Å². The predicted octanol–water partition coefficient (Wildman–Crippen LogP) is 0.105. The van der Waals surface area contributed by atoms with E-state index in [1.807, 2.05) is 24.0 Å². The number of rotatable bonds is 2. The molecule has 0 aliphatic carbocycles. The van der Waals surface area contributed by atoms with Crippen molar-refractivity contribution in [2.24, 2.45) is 5.73 Å². The van der Waals surface area contributed by atoms with Crippen LogP contribution >= 0.6 is 0 Å². The van der Waals surface area contributed by atoms with E-state index < -0.39 is 0 Å². The van der Waals surface area contributed by atoms with Crippen LogP contribution in [0.25, 0.3) is 0 Å². The van der Waals surface area contributed by atoms with Crippen molar-refractivity contribution in [1.82, 2.24) is 14.8 Å². The Bertz CT molecular complexity index is 435. The van der Waals surface area contributed by atoms with E-state index in [0.29, 0.717) is 18.8 Å². The van der Waals surface area contributed by atoms with E-state index in [9.17, 15) is 4.79 Å². The number of aryl methyl sites for hydroxylation is 1. The molecule has 0 saturated carbocycles. The third-order valence-corrected chi connectivity index (χ3v) is 3.33. The van der Waals surface area contributed by atoms with Crippen molar-refractivity contribution in [2.45, 2.75) is 13.0 Å². The Hall–Kier alpha value is -1.46. The standard InChI is InChI=1S/C13H20N4O/c1-10-4-3-5-12(15-10)13(18)17-7-6-16(2)9-11(17)8-14/h3-5,11H,6-9,14H2,1-2H3. The number of piperazine rings is 1. The fraction of sp³-hybridized carbons (Fsp3) is 0.538. The van der Waals surface area contributed by atoms with E-state index in [4.69, 9.17) is 5.73 Å². The monoisotopic (exact) mass is 248 g/mol. The number of pyridine rings is 1. The molecule has 1 aliphatic rings. The molecule has 1 aromatic heterocycles. The second-order valence-corrected chi connectivity index (χ2v) is 4.81. The summed E-state index contributed by atoms with van der Waals surface area (Å²) in [6, 6.07) is 5.60. The molecule has 18 heavy (non-hydrogen) atoms. The van der Waals surface area contributed by atoms with Crippen LogP contribution in [0.5, 0.6) is 0 Å². The Labute approximate surface area is 108 Å². The van der Waals surface area contributed by atoms with Gasteiger partial charge in [-0.25, -0.2) is 4.98 Å². The van der Waals surface area contributed by atoms with Gasteiger partial charge in [0.15, 0.2) is 0 Å². The molecule has 2 heterocycles. The van der Waals surface area contributed by atoms with E-state index in [1.54, 1.807) is 6.07 Å². The smallest absolute Gasteiger partial charge is 0.272 e. The van der Waals surface area contributed by atoms with Gasteiger partial charge in [-0.3, -0.25) is 4.79 Å². The van der Waals surface area contributed by atoms with Crippen LogP contribution in [0, 0.1) is 6.92 Å². The molecule has 2 rings (SSSR count). The summed E-state index contributed by atoms with van der Waals surface area (Å²) < 4.78 is 0. The predicted molar refractivity (Wildman–Crippen MR) is 70.3 cm³/mol. The molecule has 0 radical (unpaired) electrons. The molecule has 5 nitrogen and oxygen atoms in total. The van der Waals surface area contributed by atoms with E-state index in [1.165, 1.54) is 0 Å². The van der Waals surface area contributed by atoms with E-state index in [-0.39, 0.29) is 11.9 Å². The lowest BCUT2D eigenvalue weighted by Crippen LogP contribution is -2.56. The van der Waals surface area contributed by atoms with Crippen LogP contribution in [0.4, 0.5) is 0 Å². The SMILES string of the molecule is Cc1cccc(C(=O)N2CCN(C)CC2CN)n1. The number of likely N-dealkylation sites (N-methyl/N-ethyl adjacent to an activating group) is 1. The zero-order valence-electron chi connectivity index (χ0n) is 11.0. The summed E-state index contributed by atoms with van der Waals surface area (Å²) in [6.07, 6.45) is 0. The molecule has 1 unspecified atom stereocenters. The first kappa shape index (κ1) is 13.0. The molecule has 5 heteroatoms. The van der Waals surface area contributed by atoms with Gasteiger partial charge in [0.25, 0.3) is 5.91 Å². The highest BCUT2D eigenvalue weighted by atomic mass is 16.2. The zero-order valence-corrected chi connectivity index (χ0v) is 11.0. The summed E-state index contributed by atoms with van der Waals surface area (Å²) in [6.45, 7) is 4.80. The van der Waals surface area contributed by atoms with Gasteiger partial charge in [0, 0.05) is 31.9 Å². The molecule has 2 N–H and O–H groups in total. The van der Waals surface area contributed by atoms with Crippen molar-refractivity contribution in [2.75, 3.05) is 33.2 Å². The molecule has 1 atom stereocenters. The number of nitrogens with zero attached hydrogens (tertiary/aromatic N) is 3. The van der Waals surface area contributed by atoms with Gasteiger partial charge >= 0.3 is 0 Å². The van der Waals surface area contributed by atoms with Crippen LogP contribution in [0.15, 0.2) is 18.2 Å². The average molecular weight is 248 g/mol. The maximum Gasteiger partial charge on any atom is 0.272 e. The van der Waals surface area contributed by atoms with Crippen LogP contribution in [-0.4, -0.2) is 60.0 Å². The Morgan fingerprint density at radius 2 is 2.28 bits per heavy atom. The second kappa shape index (κ2) is 5.46. The van der Waals surface area contributed by atoms with Crippen LogP contribution in [0.3, 0.4) is 0 Å². The molecule has 1 fully saturated rings. The first-order chi connectivity index (χ1) is 8.61. The minimum absolute atomic E-state index is 0.0118. The van der Waals surface area contributed by atoms with Gasteiger partial charge < -0.3 is 15.5 Å². The fourth-order valence-electron chi connectivity index (χ4n) is 2.29. The van der Waals surface area contributed by atoms with Gasteiger partial charge in [0.1, 0.15) is 5.69 Å². The van der Waals surface area contributed by atoms with Gasteiger partial charge in [-0.2, -0.15) is 0 Å². The maximum atomic E-state index is 12.4. The Kier molecular flexibility index (Phi) is 3.93. The summed E-state index contributed by atoms with van der Waals surface area (Å²) in [5, 5.41) is 0. The minimum Gasteiger partial charge on any atom is -0.330 e. The highest BCUT2D eigenvalue weighted by Crippen LogP contribution is 2.12. The summed E-state index contributed by atoms with van der Waals surface area (Å²) in [5.41, 5.74) is 7.13. The molecule has 1 saturated heterocycles. The van der Waals surface area contributed by atoms with Crippen LogP contribution in [-0.2, 0) is 0 Å². The number of amides is 1. The normalized spacial score (nSPS) is 21.1. The van der Waals surface area contributed by atoms with Crippen LogP contribution in [0.2, 0.25) is 0 Å². The molecule has 0 bridgehead atoms. The van der Waals surface area contributed by atoms with Gasteiger partial charge in [-0.1, -0.05) is 6.07 Å². The van der Waals surface area contributed by atoms with Gasteiger partial charge in [-0.15, -0.1) is 0 Å². The number of hydrogen-bond donors (Lipinski definition) is 1. The lowest BCUT2D eigenvalue weighted by atomic mass is 10.1. The number of carbonyl (C=O) groups is 1. The van der Waals surface area contributed by atoms with Gasteiger partial charge in [0.05, 0.1) is 6.04 Å². The van der Waals surface area contributed by atoms with E-state index in [0.717, 1.165) is 18.8 Å². The van der Waals surface area contributed by atoms with E-state index >= 15 is 0 Å². The Morgan fingerprint density at radius 3 is 2.94 bits per heavy atom. The van der Waals surface area contributed by atoms with Crippen molar-refractivity contribution in [1.29, 1.82) is 0 Å². The summed E-state index contributed by atoms with van der Waals surface area (Å²) >= 11 is 0. The van der Waals surface area contributed by atoms with Crippen molar-refractivity contribution in [3.05, 3.63) is 29.6 Å². The van der Waals surface area contributed by atoms with Crippen molar-refractivity contribution in [3.63, 3.8) is 0 Å². The number of aromatic nitrogens is 1. The number of hydrogen-bond acceptors (Lipinski definition) is 4. The molecule has 1 amide bonds. The number of nitrogens with two attached hydrogens (primary N) is 1. The topological polar surface area (TPSA) is 62.5 Å². The summed E-state index contributed by atoms with van der Waals surface area (Å²) in [4.78, 5) is 20.8. The molecule has 98 valence electrons. The zero-order chi connectivity index (χ0) is 13.1. The average Bonchev–Trinajstić information content (AvgIpc) is 2.37. The summed E-state index contributed by atoms with van der Waals surface area (Å²) in [5.74, 6) is -0.0118. The Balaban J connectivity index is 2.17. The van der Waals surface area contributed by atoms with Gasteiger partial charge in [-0.05, 0) is 26.1 Å². The largest absolute Gasteiger partial charge is 0.330 e. The second-order valence-electron chi connectivity index (χ2n) is 4.81. The highest BCUT2D eigenvalue weighted by Gasteiger charge is 2.29. The third kappa shape index (κ3) is 2.68. The van der Waals surface area contributed by atoms with Crippen LogP contribution in [0.1, 0.15) is 16.2 Å². The lowest BCUT2D eigenvalue weighted by Gasteiger charge is -2.39.